The second kappa shape index (κ2) is 7.48. The van der Waals surface area contributed by atoms with Crippen LogP contribution in [0.1, 0.15) is 36.1 Å². The highest BCUT2D eigenvalue weighted by Gasteiger charge is 2.18. The van der Waals surface area contributed by atoms with Crippen LogP contribution in [0.5, 0.6) is 5.75 Å². The van der Waals surface area contributed by atoms with E-state index in [1.54, 1.807) is 7.11 Å². The van der Waals surface area contributed by atoms with Crippen molar-refractivity contribution in [3.63, 3.8) is 0 Å². The molecule has 0 saturated carbocycles. The van der Waals surface area contributed by atoms with Crippen LogP contribution in [0.25, 0.3) is 0 Å². The lowest BCUT2D eigenvalue weighted by molar-refractivity contribution is 0.404. The summed E-state index contributed by atoms with van der Waals surface area (Å²) < 4.78 is 5.51. The summed E-state index contributed by atoms with van der Waals surface area (Å²) in [6.45, 7) is 5.23. The van der Waals surface area contributed by atoms with Gasteiger partial charge in [-0.3, -0.25) is 0 Å². The van der Waals surface area contributed by atoms with Crippen LogP contribution in [-0.2, 0) is 0 Å². The molecule has 0 aliphatic heterocycles. The van der Waals surface area contributed by atoms with Crippen LogP contribution < -0.4 is 10.1 Å². The van der Waals surface area contributed by atoms with Gasteiger partial charge in [0.2, 0.25) is 0 Å². The summed E-state index contributed by atoms with van der Waals surface area (Å²) in [6, 6.07) is 14.5. The van der Waals surface area contributed by atoms with Crippen LogP contribution in [0.15, 0.2) is 42.5 Å². The first-order valence-electron chi connectivity index (χ1n) is 7.29. The summed E-state index contributed by atoms with van der Waals surface area (Å²) in [7, 11) is 1.68. The smallest absolute Gasteiger partial charge is 0.125 e. The molecule has 1 atom stereocenters. The average Bonchev–Trinajstić information content (AvgIpc) is 2.49. The zero-order valence-electron chi connectivity index (χ0n) is 12.8. The molecule has 0 radical (unpaired) electrons. The first-order valence-corrected chi connectivity index (χ1v) is 7.67. The van der Waals surface area contributed by atoms with E-state index < -0.39 is 0 Å². The number of halogens is 1. The molecule has 0 amide bonds. The molecule has 21 heavy (non-hydrogen) atoms. The van der Waals surface area contributed by atoms with Crippen molar-refractivity contribution in [3.05, 3.63) is 64.2 Å². The van der Waals surface area contributed by atoms with Crippen LogP contribution in [0.4, 0.5) is 0 Å². The summed E-state index contributed by atoms with van der Waals surface area (Å²) in [4.78, 5) is 0. The normalized spacial score (nSPS) is 12.2. The van der Waals surface area contributed by atoms with E-state index >= 15 is 0 Å². The predicted molar refractivity (Wildman–Crippen MR) is 89.3 cm³/mol. The minimum absolute atomic E-state index is 0.108. The molecule has 0 heterocycles. The van der Waals surface area contributed by atoms with Crippen LogP contribution >= 0.6 is 11.6 Å². The SMILES string of the molecule is CCCNC(c1cccc(C)c1)c1ccc(Cl)cc1OC. The van der Waals surface area contributed by atoms with Gasteiger partial charge in [0.05, 0.1) is 13.2 Å². The fourth-order valence-corrected chi connectivity index (χ4v) is 2.63. The lowest BCUT2D eigenvalue weighted by Crippen LogP contribution is -2.23. The van der Waals surface area contributed by atoms with Gasteiger partial charge in [-0.1, -0.05) is 54.4 Å². The largest absolute Gasteiger partial charge is 0.496 e. The quantitative estimate of drug-likeness (QED) is 0.832. The van der Waals surface area contributed by atoms with Gasteiger partial charge < -0.3 is 10.1 Å². The van der Waals surface area contributed by atoms with Crippen molar-refractivity contribution in [2.24, 2.45) is 0 Å². The van der Waals surface area contributed by atoms with Crippen LogP contribution in [0.2, 0.25) is 5.02 Å². The maximum atomic E-state index is 6.08. The van der Waals surface area contributed by atoms with E-state index in [-0.39, 0.29) is 6.04 Å². The molecule has 3 heteroatoms. The summed E-state index contributed by atoms with van der Waals surface area (Å²) >= 11 is 6.08. The maximum Gasteiger partial charge on any atom is 0.125 e. The molecule has 0 aromatic heterocycles. The Morgan fingerprint density at radius 1 is 1.19 bits per heavy atom. The molecule has 0 bridgehead atoms. The molecule has 2 aromatic carbocycles. The second-order valence-corrected chi connectivity index (χ2v) is 5.62. The summed E-state index contributed by atoms with van der Waals surface area (Å²) in [5, 5.41) is 4.29. The zero-order valence-corrected chi connectivity index (χ0v) is 13.6. The number of rotatable bonds is 6. The van der Waals surface area contributed by atoms with Gasteiger partial charge in [-0.15, -0.1) is 0 Å². The number of aryl methyl sites for hydroxylation is 1. The Kier molecular flexibility index (Phi) is 5.66. The predicted octanol–water partition coefficient (Wildman–Crippen LogP) is 4.75. The molecule has 0 aliphatic carbocycles. The summed E-state index contributed by atoms with van der Waals surface area (Å²) in [5.41, 5.74) is 3.61. The third-order valence-electron chi connectivity index (χ3n) is 3.48. The van der Waals surface area contributed by atoms with E-state index in [1.807, 2.05) is 18.2 Å². The monoisotopic (exact) mass is 303 g/mol. The van der Waals surface area contributed by atoms with Gasteiger partial charge in [-0.2, -0.15) is 0 Å². The van der Waals surface area contributed by atoms with Crippen molar-refractivity contribution >= 4 is 11.6 Å². The third kappa shape index (κ3) is 3.99. The van der Waals surface area contributed by atoms with E-state index in [0.29, 0.717) is 5.02 Å². The Bertz CT molecular complexity index is 598. The minimum atomic E-state index is 0.108. The van der Waals surface area contributed by atoms with Gasteiger partial charge in [0.1, 0.15) is 5.75 Å². The third-order valence-corrected chi connectivity index (χ3v) is 3.72. The molecule has 0 saturated heterocycles. The highest BCUT2D eigenvalue weighted by Crippen LogP contribution is 2.32. The Morgan fingerprint density at radius 3 is 2.67 bits per heavy atom. The molecule has 0 fully saturated rings. The molecule has 2 nitrogen and oxygen atoms in total. The van der Waals surface area contributed by atoms with Gasteiger partial charge in [-0.05, 0) is 37.6 Å². The molecule has 112 valence electrons. The molecular weight excluding hydrogens is 282 g/mol. The van der Waals surface area contributed by atoms with Gasteiger partial charge in [0.15, 0.2) is 0 Å². The zero-order chi connectivity index (χ0) is 15.2. The van der Waals surface area contributed by atoms with Crippen LogP contribution in [0, 0.1) is 6.92 Å². The first-order chi connectivity index (χ1) is 10.2. The standard InChI is InChI=1S/C18H22ClNO/c1-4-10-20-18(14-7-5-6-13(2)11-14)16-9-8-15(19)12-17(16)21-3/h5-9,11-12,18,20H,4,10H2,1-3H3. The molecule has 1 N–H and O–H groups in total. The van der Waals surface area contributed by atoms with Crippen LogP contribution in [-0.4, -0.2) is 13.7 Å². The Morgan fingerprint density at radius 2 is 2.00 bits per heavy atom. The van der Waals surface area contributed by atoms with Gasteiger partial charge in [0, 0.05) is 10.6 Å². The van der Waals surface area contributed by atoms with Crippen LogP contribution in [0.3, 0.4) is 0 Å². The molecular formula is C18H22ClNO. The molecule has 0 spiro atoms. The average molecular weight is 304 g/mol. The Hall–Kier alpha value is -1.51. The van der Waals surface area contributed by atoms with Crippen molar-refractivity contribution in [1.29, 1.82) is 0 Å². The van der Waals surface area contributed by atoms with Crippen molar-refractivity contribution in [2.45, 2.75) is 26.3 Å². The lowest BCUT2D eigenvalue weighted by Gasteiger charge is -2.22. The second-order valence-electron chi connectivity index (χ2n) is 5.19. The molecule has 2 rings (SSSR count). The molecule has 1 unspecified atom stereocenters. The first kappa shape index (κ1) is 15.9. The minimum Gasteiger partial charge on any atom is -0.496 e. The van der Waals surface area contributed by atoms with E-state index in [4.69, 9.17) is 16.3 Å². The van der Waals surface area contributed by atoms with E-state index in [0.717, 1.165) is 24.3 Å². The van der Waals surface area contributed by atoms with Crippen molar-refractivity contribution < 1.29 is 4.74 Å². The number of benzene rings is 2. The summed E-state index contributed by atoms with van der Waals surface area (Å²) in [5.74, 6) is 0.817. The van der Waals surface area contributed by atoms with E-state index in [1.165, 1.54) is 11.1 Å². The van der Waals surface area contributed by atoms with E-state index in [2.05, 4.69) is 43.4 Å². The van der Waals surface area contributed by atoms with Gasteiger partial charge in [-0.25, -0.2) is 0 Å². The summed E-state index contributed by atoms with van der Waals surface area (Å²) in [6.07, 6.45) is 1.08. The molecule has 2 aromatic rings. The number of hydrogen-bond acceptors (Lipinski definition) is 2. The Balaban J connectivity index is 2.45. The fourth-order valence-electron chi connectivity index (χ4n) is 2.47. The number of nitrogens with one attached hydrogen (secondary N) is 1. The van der Waals surface area contributed by atoms with Crippen molar-refractivity contribution in [3.8, 4) is 5.75 Å². The molecule has 0 aliphatic rings. The van der Waals surface area contributed by atoms with E-state index in [9.17, 15) is 0 Å². The van der Waals surface area contributed by atoms with Gasteiger partial charge in [0.25, 0.3) is 0 Å². The highest BCUT2D eigenvalue weighted by molar-refractivity contribution is 6.30. The number of ether oxygens (including phenoxy) is 1. The topological polar surface area (TPSA) is 21.3 Å². The maximum absolute atomic E-state index is 6.08. The number of methoxy groups -OCH3 is 1. The fraction of sp³-hybridized carbons (Fsp3) is 0.333. The van der Waals surface area contributed by atoms with Crippen molar-refractivity contribution in [1.82, 2.24) is 5.32 Å². The van der Waals surface area contributed by atoms with Crippen molar-refractivity contribution in [2.75, 3.05) is 13.7 Å². The highest BCUT2D eigenvalue weighted by atomic mass is 35.5. The number of hydrogen-bond donors (Lipinski definition) is 1. The lowest BCUT2D eigenvalue weighted by atomic mass is 9.96. The Labute approximate surface area is 132 Å². The van der Waals surface area contributed by atoms with Gasteiger partial charge >= 0.3 is 0 Å².